The van der Waals surface area contributed by atoms with Gasteiger partial charge in [0, 0.05) is 26.6 Å². The van der Waals surface area contributed by atoms with Crippen LogP contribution < -0.4 is 10.6 Å². The number of likely N-dealkylation sites (N-methyl/N-ethyl adjacent to an activating group) is 1. The Kier molecular flexibility index (Phi) is 6.81. The molecule has 11 heteroatoms. The molecule has 31 heavy (non-hydrogen) atoms. The number of hydrogen-bond acceptors (Lipinski definition) is 4. The van der Waals surface area contributed by atoms with E-state index in [1.165, 1.54) is 11.0 Å². The molecule has 2 N–H and O–H groups in total. The molecule has 0 fully saturated rings. The van der Waals surface area contributed by atoms with E-state index in [2.05, 4.69) is 25.7 Å². The summed E-state index contributed by atoms with van der Waals surface area (Å²) in [6.07, 6.45) is -2.87. The fraction of sp³-hybridized carbons (Fsp3) is 0.500. The Bertz CT molecular complexity index is 952. The maximum Gasteiger partial charge on any atom is 0.416 e. The number of nitrogens with one attached hydrogen (secondary N) is 2. The molecule has 168 valence electrons. The highest BCUT2D eigenvalue weighted by Gasteiger charge is 2.30. The van der Waals surface area contributed by atoms with Crippen LogP contribution >= 0.6 is 0 Å². The quantitative estimate of drug-likeness (QED) is 0.550. The number of aliphatic imine (C=N–C) groups is 1. The van der Waals surface area contributed by atoms with Gasteiger partial charge >= 0.3 is 6.18 Å². The molecule has 1 amide bonds. The Balaban J connectivity index is 1.72. The Labute approximate surface area is 178 Å². The Morgan fingerprint density at radius 2 is 2.13 bits per heavy atom. The summed E-state index contributed by atoms with van der Waals surface area (Å²) in [6.45, 7) is 2.48. The standard InChI is InChI=1S/C20H26F3N7O/c1-13-26-17-8-7-16(12-30(17)28-13)27-19(25-11-18(31)29(2)3)24-10-14-5-4-6-15(9-14)20(21,22)23/h4-6,9,16H,7-8,10-12H2,1-3H3,(H2,24,25,27). The first kappa shape index (κ1) is 22.6. The number of fused-ring (bicyclic) bond motifs is 1. The number of hydrogen-bond donors (Lipinski definition) is 2. The third-order valence-corrected chi connectivity index (χ3v) is 4.88. The first-order chi connectivity index (χ1) is 14.6. The SMILES string of the molecule is Cc1nc2n(n1)CC(NC(=NCc1cccc(C(F)(F)F)c1)NCC(=O)N(C)C)CC2. The van der Waals surface area contributed by atoms with Gasteiger partial charge in [0.05, 0.1) is 25.2 Å². The second-order valence-corrected chi connectivity index (χ2v) is 7.64. The van der Waals surface area contributed by atoms with E-state index in [1.807, 2.05) is 11.6 Å². The van der Waals surface area contributed by atoms with Crippen molar-refractivity contribution in [3.05, 3.63) is 47.0 Å². The number of benzene rings is 1. The van der Waals surface area contributed by atoms with Gasteiger partial charge in [0.2, 0.25) is 5.91 Å². The van der Waals surface area contributed by atoms with Gasteiger partial charge in [0.25, 0.3) is 0 Å². The van der Waals surface area contributed by atoms with Crippen molar-refractivity contribution in [2.24, 2.45) is 4.99 Å². The second kappa shape index (κ2) is 9.36. The zero-order chi connectivity index (χ0) is 22.6. The van der Waals surface area contributed by atoms with Gasteiger partial charge in [0.1, 0.15) is 11.6 Å². The number of carbonyl (C=O) groups is 1. The van der Waals surface area contributed by atoms with Gasteiger partial charge in [0.15, 0.2) is 5.96 Å². The minimum Gasteiger partial charge on any atom is -0.352 e. The number of halogens is 3. The summed E-state index contributed by atoms with van der Waals surface area (Å²) >= 11 is 0. The van der Waals surface area contributed by atoms with E-state index in [-0.39, 0.29) is 25.0 Å². The number of rotatable bonds is 5. The van der Waals surface area contributed by atoms with Crippen molar-refractivity contribution < 1.29 is 18.0 Å². The van der Waals surface area contributed by atoms with Gasteiger partial charge in [-0.05, 0) is 31.0 Å². The van der Waals surface area contributed by atoms with E-state index < -0.39 is 11.7 Å². The zero-order valence-electron chi connectivity index (χ0n) is 17.7. The summed E-state index contributed by atoms with van der Waals surface area (Å²) in [7, 11) is 3.29. The van der Waals surface area contributed by atoms with E-state index in [9.17, 15) is 18.0 Å². The van der Waals surface area contributed by atoms with Crippen LogP contribution in [0.1, 0.15) is 29.2 Å². The van der Waals surface area contributed by atoms with Gasteiger partial charge in [-0.2, -0.15) is 18.3 Å². The lowest BCUT2D eigenvalue weighted by Crippen LogP contribution is -2.49. The summed E-state index contributed by atoms with van der Waals surface area (Å²) in [6, 6.07) is 5.05. The first-order valence-corrected chi connectivity index (χ1v) is 9.93. The number of carbonyl (C=O) groups excluding carboxylic acids is 1. The molecule has 0 bridgehead atoms. The van der Waals surface area contributed by atoms with Crippen molar-refractivity contribution >= 4 is 11.9 Å². The van der Waals surface area contributed by atoms with Crippen LogP contribution in [0, 0.1) is 6.92 Å². The average molecular weight is 437 g/mol. The van der Waals surface area contributed by atoms with Gasteiger partial charge in [-0.1, -0.05) is 12.1 Å². The molecule has 2 heterocycles. The molecule has 1 aliphatic rings. The fourth-order valence-electron chi connectivity index (χ4n) is 3.23. The number of aromatic nitrogens is 3. The second-order valence-electron chi connectivity index (χ2n) is 7.64. The van der Waals surface area contributed by atoms with E-state index in [0.29, 0.717) is 23.9 Å². The molecular formula is C20H26F3N7O. The predicted molar refractivity (Wildman–Crippen MR) is 109 cm³/mol. The molecular weight excluding hydrogens is 411 g/mol. The van der Waals surface area contributed by atoms with Crippen LogP contribution in [0.5, 0.6) is 0 Å². The molecule has 3 rings (SSSR count). The zero-order valence-corrected chi connectivity index (χ0v) is 17.7. The number of nitrogens with zero attached hydrogens (tertiary/aromatic N) is 5. The lowest BCUT2D eigenvalue weighted by Gasteiger charge is -2.25. The number of guanidine groups is 1. The highest BCUT2D eigenvalue weighted by Crippen LogP contribution is 2.29. The number of alkyl halides is 3. The average Bonchev–Trinajstić information content (AvgIpc) is 3.08. The van der Waals surface area contributed by atoms with Crippen molar-refractivity contribution in [2.45, 2.75) is 45.1 Å². The van der Waals surface area contributed by atoms with Crippen molar-refractivity contribution in [3.8, 4) is 0 Å². The van der Waals surface area contributed by atoms with Crippen LogP contribution in [-0.4, -0.2) is 58.2 Å². The largest absolute Gasteiger partial charge is 0.416 e. The van der Waals surface area contributed by atoms with Crippen molar-refractivity contribution in [3.63, 3.8) is 0 Å². The van der Waals surface area contributed by atoms with Crippen LogP contribution in [0.3, 0.4) is 0 Å². The maximum absolute atomic E-state index is 13.0. The molecule has 0 saturated carbocycles. The lowest BCUT2D eigenvalue weighted by atomic mass is 10.1. The molecule has 1 atom stereocenters. The van der Waals surface area contributed by atoms with Crippen LogP contribution in [0.2, 0.25) is 0 Å². The van der Waals surface area contributed by atoms with Crippen LogP contribution in [0.15, 0.2) is 29.3 Å². The van der Waals surface area contributed by atoms with Gasteiger partial charge in [-0.25, -0.2) is 14.7 Å². The molecule has 0 aliphatic carbocycles. The smallest absolute Gasteiger partial charge is 0.352 e. The molecule has 0 spiro atoms. The van der Waals surface area contributed by atoms with E-state index in [1.54, 1.807) is 20.2 Å². The molecule has 0 radical (unpaired) electrons. The Morgan fingerprint density at radius 1 is 1.35 bits per heavy atom. The molecule has 0 saturated heterocycles. The van der Waals surface area contributed by atoms with Crippen molar-refractivity contribution in [1.29, 1.82) is 0 Å². The topological polar surface area (TPSA) is 87.4 Å². The highest BCUT2D eigenvalue weighted by atomic mass is 19.4. The molecule has 2 aromatic rings. The third-order valence-electron chi connectivity index (χ3n) is 4.88. The molecule has 1 aromatic carbocycles. The van der Waals surface area contributed by atoms with Crippen LogP contribution in [-0.2, 0) is 30.5 Å². The summed E-state index contributed by atoms with van der Waals surface area (Å²) < 4.78 is 40.7. The number of amides is 1. The van der Waals surface area contributed by atoms with E-state index in [4.69, 9.17) is 0 Å². The van der Waals surface area contributed by atoms with Gasteiger partial charge < -0.3 is 15.5 Å². The van der Waals surface area contributed by atoms with E-state index in [0.717, 1.165) is 30.8 Å². The van der Waals surface area contributed by atoms with Gasteiger partial charge in [-0.3, -0.25) is 4.79 Å². The minimum absolute atomic E-state index is 0.00387. The summed E-state index contributed by atoms with van der Waals surface area (Å²) in [5.41, 5.74) is -0.292. The number of aryl methyl sites for hydroxylation is 2. The summed E-state index contributed by atoms with van der Waals surface area (Å²) in [4.78, 5) is 22.2. The molecule has 8 nitrogen and oxygen atoms in total. The molecule has 1 unspecified atom stereocenters. The lowest BCUT2D eigenvalue weighted by molar-refractivity contribution is -0.137. The first-order valence-electron chi connectivity index (χ1n) is 9.93. The van der Waals surface area contributed by atoms with Gasteiger partial charge in [-0.15, -0.1) is 0 Å². The van der Waals surface area contributed by atoms with Crippen molar-refractivity contribution in [1.82, 2.24) is 30.3 Å². The van der Waals surface area contributed by atoms with Crippen molar-refractivity contribution in [2.75, 3.05) is 20.6 Å². The maximum atomic E-state index is 13.0. The normalized spacial score (nSPS) is 16.6. The Morgan fingerprint density at radius 3 is 2.84 bits per heavy atom. The summed E-state index contributed by atoms with van der Waals surface area (Å²) in [5.74, 6) is 1.85. The summed E-state index contributed by atoms with van der Waals surface area (Å²) in [5, 5.41) is 10.6. The monoisotopic (exact) mass is 437 g/mol. The third kappa shape index (κ3) is 6.19. The van der Waals surface area contributed by atoms with Crippen LogP contribution in [0.4, 0.5) is 13.2 Å². The van der Waals surface area contributed by atoms with E-state index >= 15 is 0 Å². The molecule has 1 aromatic heterocycles. The molecule has 1 aliphatic heterocycles. The fourth-order valence-corrected chi connectivity index (χ4v) is 3.23. The minimum atomic E-state index is -4.41. The highest BCUT2D eigenvalue weighted by molar-refractivity contribution is 5.86. The Hall–Kier alpha value is -3.11. The predicted octanol–water partition coefficient (Wildman–Crippen LogP) is 1.74. The van der Waals surface area contributed by atoms with Crippen LogP contribution in [0.25, 0.3) is 0 Å².